The second-order valence-corrected chi connectivity index (χ2v) is 4.18. The Morgan fingerprint density at radius 3 is 2.53 bits per heavy atom. The Balaban J connectivity index is 2.26. The van der Waals surface area contributed by atoms with Gasteiger partial charge in [-0.1, -0.05) is 0 Å². The molecule has 0 bridgehead atoms. The first-order valence-corrected chi connectivity index (χ1v) is 5.55. The van der Waals surface area contributed by atoms with Gasteiger partial charge in [0.2, 0.25) is 0 Å². The summed E-state index contributed by atoms with van der Waals surface area (Å²) in [4.78, 5) is 0. The molecule has 0 aromatic heterocycles. The van der Waals surface area contributed by atoms with Gasteiger partial charge in [0, 0.05) is 0 Å². The summed E-state index contributed by atoms with van der Waals surface area (Å²) in [6, 6.07) is 18.8. The summed E-state index contributed by atoms with van der Waals surface area (Å²) in [5, 5.41) is 0. The van der Waals surface area contributed by atoms with Crippen molar-refractivity contribution in [1.29, 1.82) is 0 Å². The average Bonchev–Trinajstić information content (AvgIpc) is 2.28. The van der Waals surface area contributed by atoms with E-state index in [0.29, 0.717) is 0 Å². The molecule has 0 amide bonds. The van der Waals surface area contributed by atoms with Crippen molar-refractivity contribution in [3.8, 4) is 11.8 Å². The molecule has 71 valence electrons. The van der Waals surface area contributed by atoms with E-state index >= 15 is 0 Å². The average molecular weight is 256 g/mol. The van der Waals surface area contributed by atoms with Crippen molar-refractivity contribution in [1.82, 2.24) is 0 Å². The molecular weight excluding hydrogens is 247 g/mol. The molecule has 0 fully saturated rings. The Kier molecular flexibility index (Phi) is 3.25. The van der Waals surface area contributed by atoms with Gasteiger partial charge in [-0.15, -0.1) is 0 Å². The first-order chi connectivity index (χ1) is 7.34. The van der Waals surface area contributed by atoms with Gasteiger partial charge in [-0.25, -0.2) is 0 Å². The molecule has 0 saturated heterocycles. The van der Waals surface area contributed by atoms with Crippen LogP contribution < -0.4 is 4.46 Å². The maximum absolute atomic E-state index is 3.12. The van der Waals surface area contributed by atoms with Crippen LogP contribution in [0.4, 0.5) is 0 Å². The van der Waals surface area contributed by atoms with E-state index in [1.165, 1.54) is 4.46 Å². The summed E-state index contributed by atoms with van der Waals surface area (Å²) >= 11 is 2.52. The summed E-state index contributed by atoms with van der Waals surface area (Å²) in [5.74, 6) is 6.22. The third-order valence-corrected chi connectivity index (χ3v) is 2.49. The Hall–Kier alpha value is -1.48. The fraction of sp³-hybridized carbons (Fsp3) is 0. The summed E-state index contributed by atoms with van der Waals surface area (Å²) in [6.45, 7) is 0. The molecule has 0 aliphatic rings. The predicted octanol–water partition coefficient (Wildman–Crippen LogP) is 1.41. The minimum absolute atomic E-state index is 0.994. The number of hydrogen-bond donors (Lipinski definition) is 0. The molecule has 0 aliphatic heterocycles. The summed E-state index contributed by atoms with van der Waals surface area (Å²) in [7, 11) is 0. The normalized spacial score (nSPS) is 9.13. The number of hydrogen-bond acceptors (Lipinski definition) is 0. The van der Waals surface area contributed by atoms with E-state index in [-0.39, 0.29) is 0 Å². The Bertz CT molecular complexity index is 504. The predicted molar refractivity (Wildman–Crippen MR) is 64.5 cm³/mol. The van der Waals surface area contributed by atoms with E-state index < -0.39 is 0 Å². The van der Waals surface area contributed by atoms with Crippen molar-refractivity contribution < 1.29 is 0 Å². The third kappa shape index (κ3) is 2.99. The zero-order valence-electron chi connectivity index (χ0n) is 8.07. The fourth-order valence-electron chi connectivity index (χ4n) is 1.20. The molecule has 2 aromatic rings. The van der Waals surface area contributed by atoms with Crippen molar-refractivity contribution in [2.75, 3.05) is 0 Å². The van der Waals surface area contributed by atoms with Crippen LogP contribution >= 0.6 is 0 Å². The van der Waals surface area contributed by atoms with E-state index in [9.17, 15) is 0 Å². The quantitative estimate of drug-likeness (QED) is 0.494. The fourth-order valence-corrected chi connectivity index (χ4v) is 1.67. The molecular formula is C14H9Se. The van der Waals surface area contributed by atoms with Gasteiger partial charge in [-0.05, 0) is 0 Å². The molecule has 0 aliphatic carbocycles. The van der Waals surface area contributed by atoms with Gasteiger partial charge in [0.25, 0.3) is 0 Å². The standard InChI is InChI=1S/C14H9Se/c15-14-8-4-7-13(11-14)10-9-12-5-2-1-3-6-12/h1-2,4-8,11,15H. The summed E-state index contributed by atoms with van der Waals surface area (Å²) in [6.07, 6.45) is 0. The van der Waals surface area contributed by atoms with Crippen molar-refractivity contribution in [3.63, 3.8) is 0 Å². The number of benzene rings is 2. The van der Waals surface area contributed by atoms with Crippen LogP contribution in [-0.2, 0) is 0 Å². The van der Waals surface area contributed by atoms with Crippen LogP contribution in [0, 0.1) is 17.9 Å². The molecule has 2 rings (SSSR count). The zero-order chi connectivity index (χ0) is 10.5. The molecule has 1 radical (unpaired) electrons. The van der Waals surface area contributed by atoms with Crippen molar-refractivity contribution >= 4 is 20.5 Å². The second-order valence-electron chi connectivity index (χ2n) is 3.09. The van der Waals surface area contributed by atoms with Crippen LogP contribution in [0.15, 0.2) is 48.5 Å². The second kappa shape index (κ2) is 4.84. The Labute approximate surface area is 98.2 Å². The van der Waals surface area contributed by atoms with Crippen LogP contribution in [0.2, 0.25) is 0 Å². The molecule has 1 heteroatoms. The molecule has 15 heavy (non-hydrogen) atoms. The van der Waals surface area contributed by atoms with Gasteiger partial charge in [0.05, 0.1) is 0 Å². The molecule has 0 unspecified atom stereocenters. The first-order valence-electron chi connectivity index (χ1n) is 4.62. The van der Waals surface area contributed by atoms with Gasteiger partial charge >= 0.3 is 98.0 Å². The summed E-state index contributed by atoms with van der Waals surface area (Å²) in [5.41, 5.74) is 2.03. The van der Waals surface area contributed by atoms with Gasteiger partial charge in [0.15, 0.2) is 0 Å². The molecule has 0 nitrogen and oxygen atoms in total. The minimum atomic E-state index is 0.994. The third-order valence-electron chi connectivity index (χ3n) is 1.90. The first kappa shape index (κ1) is 10.1. The van der Waals surface area contributed by atoms with Crippen LogP contribution in [0.25, 0.3) is 0 Å². The van der Waals surface area contributed by atoms with Crippen LogP contribution in [0.3, 0.4) is 0 Å². The van der Waals surface area contributed by atoms with Crippen LogP contribution in [0.5, 0.6) is 0 Å². The molecule has 0 saturated carbocycles. The van der Waals surface area contributed by atoms with E-state index in [0.717, 1.165) is 11.1 Å². The Morgan fingerprint density at radius 2 is 1.80 bits per heavy atom. The number of rotatable bonds is 0. The van der Waals surface area contributed by atoms with Gasteiger partial charge in [0.1, 0.15) is 0 Å². The SMILES string of the molecule is [SeH]c1cccc(C#Cc2c[c]ccc2)c1. The van der Waals surface area contributed by atoms with Crippen LogP contribution in [-0.4, -0.2) is 16.0 Å². The Morgan fingerprint density at radius 1 is 1.00 bits per heavy atom. The van der Waals surface area contributed by atoms with E-state index in [1.54, 1.807) is 0 Å². The molecule has 0 atom stereocenters. The van der Waals surface area contributed by atoms with Crippen molar-refractivity contribution in [3.05, 3.63) is 65.7 Å². The van der Waals surface area contributed by atoms with E-state index in [2.05, 4.69) is 40.0 Å². The van der Waals surface area contributed by atoms with Gasteiger partial charge < -0.3 is 0 Å². The molecule has 2 aromatic carbocycles. The summed E-state index contributed by atoms with van der Waals surface area (Å²) < 4.78 is 1.17. The van der Waals surface area contributed by atoms with E-state index in [1.807, 2.05) is 42.5 Å². The monoisotopic (exact) mass is 257 g/mol. The van der Waals surface area contributed by atoms with Crippen molar-refractivity contribution in [2.24, 2.45) is 0 Å². The topological polar surface area (TPSA) is 0 Å². The van der Waals surface area contributed by atoms with E-state index in [4.69, 9.17) is 0 Å². The molecule has 0 N–H and O–H groups in total. The zero-order valence-corrected chi connectivity index (χ0v) is 9.94. The van der Waals surface area contributed by atoms with Crippen LogP contribution in [0.1, 0.15) is 11.1 Å². The molecule has 0 spiro atoms. The van der Waals surface area contributed by atoms with Gasteiger partial charge in [-0.3, -0.25) is 0 Å². The van der Waals surface area contributed by atoms with Gasteiger partial charge in [-0.2, -0.15) is 0 Å². The molecule has 0 heterocycles. The maximum atomic E-state index is 3.12. The van der Waals surface area contributed by atoms with Crippen molar-refractivity contribution in [2.45, 2.75) is 0 Å².